The van der Waals surface area contributed by atoms with E-state index in [-0.39, 0.29) is 0 Å². The molecule has 1 aliphatic rings. The van der Waals surface area contributed by atoms with Crippen molar-refractivity contribution in [3.05, 3.63) is 18.4 Å². The maximum absolute atomic E-state index is 5.24. The summed E-state index contributed by atoms with van der Waals surface area (Å²) < 4.78 is 5.24. The van der Waals surface area contributed by atoms with Gasteiger partial charge in [-0.25, -0.2) is 4.98 Å². The van der Waals surface area contributed by atoms with Gasteiger partial charge in [-0.1, -0.05) is 26.7 Å². The first-order chi connectivity index (χ1) is 8.20. The molecular weight excluding hydrogens is 212 g/mol. The van der Waals surface area contributed by atoms with Gasteiger partial charge in [0.25, 0.3) is 0 Å². The van der Waals surface area contributed by atoms with Crippen LogP contribution in [0.2, 0.25) is 0 Å². The molecule has 0 atom stereocenters. The van der Waals surface area contributed by atoms with Crippen molar-refractivity contribution in [3.8, 4) is 0 Å². The smallest absolute Gasteiger partial charge is 0.180 e. The Morgan fingerprint density at radius 2 is 2.18 bits per heavy atom. The molecule has 0 radical (unpaired) electrons. The Bertz CT molecular complexity index is 313. The fourth-order valence-electron chi connectivity index (χ4n) is 3.22. The fourth-order valence-corrected chi connectivity index (χ4v) is 3.22. The number of nitrogens with zero attached hydrogens (tertiary/aromatic N) is 1. The van der Waals surface area contributed by atoms with Crippen LogP contribution in [-0.2, 0) is 6.54 Å². The average molecular weight is 236 g/mol. The second-order valence-corrected chi connectivity index (χ2v) is 5.88. The molecule has 0 spiro atoms. The Balaban J connectivity index is 1.81. The molecule has 0 saturated heterocycles. The van der Waals surface area contributed by atoms with Gasteiger partial charge in [-0.3, -0.25) is 0 Å². The van der Waals surface area contributed by atoms with E-state index < -0.39 is 0 Å². The minimum Gasteiger partial charge on any atom is -0.447 e. The second-order valence-electron chi connectivity index (χ2n) is 5.88. The molecule has 0 bridgehead atoms. The van der Waals surface area contributed by atoms with Crippen LogP contribution in [0.15, 0.2) is 17.0 Å². The molecule has 1 aromatic heterocycles. The van der Waals surface area contributed by atoms with Gasteiger partial charge in [-0.15, -0.1) is 0 Å². The van der Waals surface area contributed by atoms with Crippen LogP contribution in [-0.4, -0.2) is 11.5 Å². The molecule has 3 heteroatoms. The van der Waals surface area contributed by atoms with Crippen LogP contribution in [0.3, 0.4) is 0 Å². The molecule has 1 fully saturated rings. The highest BCUT2D eigenvalue weighted by Gasteiger charge is 2.33. The minimum absolute atomic E-state index is 0.536. The second kappa shape index (κ2) is 5.67. The summed E-state index contributed by atoms with van der Waals surface area (Å²) in [6.45, 7) is 6.58. The maximum atomic E-state index is 5.24. The van der Waals surface area contributed by atoms with Crippen molar-refractivity contribution in [2.24, 2.45) is 11.3 Å². The lowest BCUT2D eigenvalue weighted by Gasteiger charge is -2.31. The van der Waals surface area contributed by atoms with E-state index in [1.54, 1.807) is 6.20 Å². The van der Waals surface area contributed by atoms with Crippen LogP contribution < -0.4 is 5.32 Å². The van der Waals surface area contributed by atoms with Crippen molar-refractivity contribution in [2.45, 2.75) is 52.5 Å². The molecule has 1 saturated carbocycles. The third-order valence-electron chi connectivity index (χ3n) is 3.79. The predicted octanol–water partition coefficient (Wildman–Crippen LogP) is 3.37. The lowest BCUT2D eigenvalue weighted by atomic mass is 9.78. The average Bonchev–Trinajstić information content (AvgIpc) is 2.89. The lowest BCUT2D eigenvalue weighted by Crippen LogP contribution is -2.33. The molecule has 2 rings (SSSR count). The summed E-state index contributed by atoms with van der Waals surface area (Å²) in [5.41, 5.74) is 0.536. The molecule has 1 aromatic rings. The summed E-state index contributed by atoms with van der Waals surface area (Å²) in [4.78, 5) is 3.93. The molecule has 0 unspecified atom stereocenters. The normalized spacial score (nSPS) is 19.0. The minimum atomic E-state index is 0.536. The van der Waals surface area contributed by atoms with Gasteiger partial charge in [0.05, 0.1) is 12.7 Å². The number of rotatable bonds is 6. The highest BCUT2D eigenvalue weighted by molar-refractivity contribution is 4.91. The molecule has 0 aromatic carbocycles. The number of hydrogen-bond acceptors (Lipinski definition) is 3. The Morgan fingerprint density at radius 1 is 1.41 bits per heavy atom. The standard InChI is InChI=1S/C14H24N2O/c1-12(2)7-14(5-3-4-6-14)10-15-8-13-9-16-11-17-13/h9,11-12,15H,3-8,10H2,1-2H3. The molecular formula is C14H24N2O. The van der Waals surface area contributed by atoms with E-state index in [0.717, 1.165) is 24.8 Å². The summed E-state index contributed by atoms with van der Waals surface area (Å²) in [5, 5.41) is 3.54. The van der Waals surface area contributed by atoms with Gasteiger partial charge in [0.15, 0.2) is 6.39 Å². The van der Waals surface area contributed by atoms with E-state index >= 15 is 0 Å². The van der Waals surface area contributed by atoms with Crippen LogP contribution in [0.25, 0.3) is 0 Å². The SMILES string of the molecule is CC(C)CC1(CNCc2cnco2)CCCC1. The maximum Gasteiger partial charge on any atom is 0.180 e. The van der Waals surface area contributed by atoms with E-state index in [9.17, 15) is 0 Å². The number of nitrogens with one attached hydrogen (secondary N) is 1. The Labute approximate surface area is 104 Å². The third kappa shape index (κ3) is 3.56. The van der Waals surface area contributed by atoms with Crippen molar-refractivity contribution in [1.29, 1.82) is 0 Å². The van der Waals surface area contributed by atoms with Gasteiger partial charge in [0, 0.05) is 6.54 Å². The molecule has 17 heavy (non-hydrogen) atoms. The molecule has 0 amide bonds. The van der Waals surface area contributed by atoms with Gasteiger partial charge >= 0.3 is 0 Å². The quantitative estimate of drug-likeness (QED) is 0.823. The Kier molecular flexibility index (Phi) is 4.21. The Morgan fingerprint density at radius 3 is 2.76 bits per heavy atom. The van der Waals surface area contributed by atoms with Crippen molar-refractivity contribution < 1.29 is 4.42 Å². The van der Waals surface area contributed by atoms with E-state index in [0.29, 0.717) is 5.41 Å². The van der Waals surface area contributed by atoms with Gasteiger partial charge in [-0.05, 0) is 30.6 Å². The van der Waals surface area contributed by atoms with Gasteiger partial charge in [0.2, 0.25) is 0 Å². The van der Waals surface area contributed by atoms with Crippen molar-refractivity contribution in [3.63, 3.8) is 0 Å². The topological polar surface area (TPSA) is 38.1 Å². The van der Waals surface area contributed by atoms with Crippen LogP contribution in [0.4, 0.5) is 0 Å². The van der Waals surface area contributed by atoms with Crippen molar-refractivity contribution >= 4 is 0 Å². The van der Waals surface area contributed by atoms with Gasteiger partial charge < -0.3 is 9.73 Å². The highest BCUT2D eigenvalue weighted by Crippen LogP contribution is 2.42. The number of hydrogen-bond donors (Lipinski definition) is 1. The van der Waals surface area contributed by atoms with Crippen LogP contribution >= 0.6 is 0 Å². The number of oxazole rings is 1. The van der Waals surface area contributed by atoms with Crippen molar-refractivity contribution in [1.82, 2.24) is 10.3 Å². The molecule has 1 heterocycles. The number of aromatic nitrogens is 1. The molecule has 0 aliphatic heterocycles. The summed E-state index contributed by atoms with van der Waals surface area (Å²) in [6, 6.07) is 0. The van der Waals surface area contributed by atoms with E-state index in [1.165, 1.54) is 38.5 Å². The summed E-state index contributed by atoms with van der Waals surface area (Å²) in [7, 11) is 0. The zero-order valence-electron chi connectivity index (χ0n) is 11.0. The highest BCUT2D eigenvalue weighted by atomic mass is 16.3. The van der Waals surface area contributed by atoms with Crippen molar-refractivity contribution in [2.75, 3.05) is 6.54 Å². The van der Waals surface area contributed by atoms with Crippen LogP contribution in [0.1, 0.15) is 51.7 Å². The largest absolute Gasteiger partial charge is 0.447 e. The van der Waals surface area contributed by atoms with Gasteiger partial charge in [0.1, 0.15) is 5.76 Å². The first-order valence-corrected chi connectivity index (χ1v) is 6.78. The first-order valence-electron chi connectivity index (χ1n) is 6.78. The molecule has 96 valence electrons. The summed E-state index contributed by atoms with van der Waals surface area (Å²) in [6.07, 6.45) is 10.2. The Hall–Kier alpha value is -0.830. The fraction of sp³-hybridized carbons (Fsp3) is 0.786. The molecule has 1 aliphatic carbocycles. The zero-order valence-corrected chi connectivity index (χ0v) is 11.0. The molecule has 1 N–H and O–H groups in total. The summed E-state index contributed by atoms with van der Waals surface area (Å²) >= 11 is 0. The van der Waals surface area contributed by atoms with Gasteiger partial charge in [-0.2, -0.15) is 0 Å². The van der Waals surface area contributed by atoms with E-state index in [4.69, 9.17) is 4.42 Å². The van der Waals surface area contributed by atoms with Crippen LogP contribution in [0, 0.1) is 11.3 Å². The predicted molar refractivity (Wildman–Crippen MR) is 68.6 cm³/mol. The molecule has 3 nitrogen and oxygen atoms in total. The zero-order chi connectivity index (χ0) is 12.1. The summed E-state index contributed by atoms with van der Waals surface area (Å²) in [5.74, 6) is 1.72. The first kappa shape index (κ1) is 12.6. The van der Waals surface area contributed by atoms with E-state index in [2.05, 4.69) is 24.1 Å². The van der Waals surface area contributed by atoms with E-state index in [1.807, 2.05) is 0 Å². The monoisotopic (exact) mass is 236 g/mol. The third-order valence-corrected chi connectivity index (χ3v) is 3.79. The lowest BCUT2D eigenvalue weighted by molar-refractivity contribution is 0.221. The van der Waals surface area contributed by atoms with Crippen LogP contribution in [0.5, 0.6) is 0 Å².